The number of hydrogen-bond acceptors (Lipinski definition) is 7. The highest BCUT2D eigenvalue weighted by Gasteiger charge is 2.21. The van der Waals surface area contributed by atoms with Gasteiger partial charge in [-0.05, 0) is 24.3 Å². The Morgan fingerprint density at radius 1 is 1.28 bits per heavy atom. The largest absolute Gasteiger partial charge is 0.479 e. The second-order valence-corrected chi connectivity index (χ2v) is 5.17. The Morgan fingerprint density at radius 3 is 2.88 bits per heavy atom. The van der Waals surface area contributed by atoms with E-state index in [0.717, 1.165) is 5.56 Å². The summed E-state index contributed by atoms with van der Waals surface area (Å²) in [6, 6.07) is 11.5. The van der Waals surface area contributed by atoms with Gasteiger partial charge in [-0.3, -0.25) is 5.21 Å². The molecule has 1 aliphatic heterocycles. The van der Waals surface area contributed by atoms with Crippen molar-refractivity contribution in [1.82, 2.24) is 0 Å². The average molecular weight is 342 g/mol. The molecular formula is C17H14N2O6. The van der Waals surface area contributed by atoms with Gasteiger partial charge < -0.3 is 14.6 Å². The molecular weight excluding hydrogens is 328 g/mol. The summed E-state index contributed by atoms with van der Waals surface area (Å²) < 4.78 is 11.1. The van der Waals surface area contributed by atoms with Crippen molar-refractivity contribution in [1.29, 1.82) is 5.26 Å². The molecule has 0 fully saturated rings. The fraction of sp³-hybridized carbons (Fsp3) is 0.176. The van der Waals surface area contributed by atoms with E-state index in [0.29, 0.717) is 35.3 Å². The van der Waals surface area contributed by atoms with Gasteiger partial charge >= 0.3 is 5.97 Å². The smallest absolute Gasteiger partial charge is 0.341 e. The Hall–Kier alpha value is -3.28. The molecule has 2 aromatic rings. The van der Waals surface area contributed by atoms with Crippen molar-refractivity contribution in [2.75, 3.05) is 18.4 Å². The lowest BCUT2D eigenvalue weighted by atomic mass is 10.1. The van der Waals surface area contributed by atoms with E-state index in [1.807, 2.05) is 6.07 Å². The van der Waals surface area contributed by atoms with Crippen molar-refractivity contribution in [3.05, 3.63) is 47.5 Å². The Balaban J connectivity index is 1.94. The summed E-state index contributed by atoms with van der Waals surface area (Å²) >= 11 is 0. The molecule has 3 rings (SSSR count). The SMILES string of the molecule is N#Cc1ccc(Oc2cccc3c2CCON3O)c(OCC(=O)O)c1. The van der Waals surface area contributed by atoms with Gasteiger partial charge in [-0.1, -0.05) is 6.07 Å². The Kier molecular flexibility index (Phi) is 4.70. The van der Waals surface area contributed by atoms with E-state index in [2.05, 4.69) is 0 Å². The normalized spacial score (nSPS) is 12.9. The first-order valence-electron chi connectivity index (χ1n) is 7.39. The Morgan fingerprint density at radius 2 is 2.12 bits per heavy atom. The van der Waals surface area contributed by atoms with Crippen LogP contribution in [0.1, 0.15) is 11.1 Å². The van der Waals surface area contributed by atoms with Crippen LogP contribution >= 0.6 is 0 Å². The number of carbonyl (C=O) groups is 1. The maximum atomic E-state index is 10.7. The second kappa shape index (κ2) is 7.09. The first kappa shape index (κ1) is 16.6. The number of benzene rings is 2. The number of hydrogen-bond donors (Lipinski definition) is 2. The van der Waals surface area contributed by atoms with Gasteiger partial charge in [0.15, 0.2) is 18.1 Å². The zero-order valence-corrected chi connectivity index (χ0v) is 13.0. The van der Waals surface area contributed by atoms with Crippen molar-refractivity contribution in [2.45, 2.75) is 6.42 Å². The molecule has 0 spiro atoms. The fourth-order valence-corrected chi connectivity index (χ4v) is 2.42. The topological polar surface area (TPSA) is 112 Å². The van der Waals surface area contributed by atoms with E-state index >= 15 is 0 Å². The fourth-order valence-electron chi connectivity index (χ4n) is 2.42. The number of aliphatic carboxylic acids is 1. The van der Waals surface area contributed by atoms with Gasteiger partial charge in [-0.25, -0.2) is 9.63 Å². The van der Waals surface area contributed by atoms with E-state index < -0.39 is 12.6 Å². The molecule has 8 heteroatoms. The minimum Gasteiger partial charge on any atom is -0.479 e. The predicted molar refractivity (Wildman–Crippen MR) is 84.7 cm³/mol. The van der Waals surface area contributed by atoms with Crippen LogP contribution in [0.3, 0.4) is 0 Å². The molecule has 0 saturated carbocycles. The van der Waals surface area contributed by atoms with Gasteiger partial charge in [-0.15, -0.1) is 5.23 Å². The lowest BCUT2D eigenvalue weighted by molar-refractivity contribution is -0.139. The zero-order chi connectivity index (χ0) is 17.8. The van der Waals surface area contributed by atoms with E-state index in [1.165, 1.54) is 12.1 Å². The summed E-state index contributed by atoms with van der Waals surface area (Å²) in [5.41, 5.74) is 1.52. The van der Waals surface area contributed by atoms with E-state index in [1.54, 1.807) is 24.3 Å². The molecule has 0 atom stereocenters. The number of rotatable bonds is 5. The van der Waals surface area contributed by atoms with Crippen LogP contribution in [-0.4, -0.2) is 29.5 Å². The highest BCUT2D eigenvalue weighted by Crippen LogP contribution is 2.38. The molecule has 0 amide bonds. The van der Waals surface area contributed by atoms with Gasteiger partial charge in [-0.2, -0.15) is 5.26 Å². The molecule has 128 valence electrons. The molecule has 2 aromatic carbocycles. The van der Waals surface area contributed by atoms with Crippen molar-refractivity contribution in [2.24, 2.45) is 0 Å². The van der Waals surface area contributed by atoms with Crippen LogP contribution in [0.4, 0.5) is 5.69 Å². The van der Waals surface area contributed by atoms with Gasteiger partial charge in [0.1, 0.15) is 11.4 Å². The van der Waals surface area contributed by atoms with Crippen molar-refractivity contribution >= 4 is 11.7 Å². The molecule has 0 aliphatic carbocycles. The molecule has 0 unspecified atom stereocenters. The number of fused-ring (bicyclic) bond motifs is 1. The minimum absolute atomic E-state index is 0.145. The summed E-state index contributed by atoms with van der Waals surface area (Å²) in [6.07, 6.45) is 0.532. The number of anilines is 1. The zero-order valence-electron chi connectivity index (χ0n) is 13.0. The van der Waals surface area contributed by atoms with Crippen LogP contribution in [0.5, 0.6) is 17.2 Å². The van der Waals surface area contributed by atoms with Crippen LogP contribution in [0.15, 0.2) is 36.4 Å². The van der Waals surface area contributed by atoms with Gasteiger partial charge in [0.05, 0.1) is 18.2 Å². The minimum atomic E-state index is -1.14. The van der Waals surface area contributed by atoms with Gasteiger partial charge in [0.2, 0.25) is 0 Å². The van der Waals surface area contributed by atoms with Crippen LogP contribution in [0.25, 0.3) is 0 Å². The monoisotopic (exact) mass is 342 g/mol. The standard InChI is InChI=1S/C17H14N2O6/c18-9-11-4-5-15(16(8-11)23-10-17(20)21)25-14-3-1-2-13-12(14)6-7-24-19(13)22/h1-5,8,22H,6-7,10H2,(H,20,21). The van der Waals surface area contributed by atoms with Crippen LogP contribution < -0.4 is 14.7 Å². The first-order chi connectivity index (χ1) is 12.1. The van der Waals surface area contributed by atoms with E-state index in [-0.39, 0.29) is 11.5 Å². The maximum Gasteiger partial charge on any atom is 0.341 e. The van der Waals surface area contributed by atoms with Gasteiger partial charge in [0, 0.05) is 18.1 Å². The Bertz CT molecular complexity index is 846. The number of carboxylic acids is 1. The van der Waals surface area contributed by atoms with Crippen LogP contribution in [-0.2, 0) is 16.1 Å². The Labute approximate surface area is 142 Å². The molecule has 0 saturated heterocycles. The van der Waals surface area contributed by atoms with Crippen molar-refractivity contribution in [3.63, 3.8) is 0 Å². The molecule has 25 heavy (non-hydrogen) atoms. The predicted octanol–water partition coefficient (Wildman–Crippen LogP) is 2.50. The number of ether oxygens (including phenoxy) is 2. The van der Waals surface area contributed by atoms with Crippen LogP contribution in [0, 0.1) is 11.3 Å². The molecule has 0 aromatic heterocycles. The molecule has 8 nitrogen and oxygen atoms in total. The van der Waals surface area contributed by atoms with Crippen molar-refractivity contribution in [3.8, 4) is 23.3 Å². The quantitative estimate of drug-likeness (QED) is 0.852. The van der Waals surface area contributed by atoms with E-state index in [9.17, 15) is 10.0 Å². The summed E-state index contributed by atoms with van der Waals surface area (Å²) in [5, 5.41) is 28.2. The summed E-state index contributed by atoms with van der Waals surface area (Å²) in [5.74, 6) is -0.250. The van der Waals surface area contributed by atoms with E-state index in [4.69, 9.17) is 24.7 Å². The summed E-state index contributed by atoms with van der Waals surface area (Å²) in [6.45, 7) is -0.268. The molecule has 0 bridgehead atoms. The molecule has 2 N–H and O–H groups in total. The van der Waals surface area contributed by atoms with Crippen molar-refractivity contribution < 1.29 is 29.4 Å². The number of nitriles is 1. The number of carboxylic acid groups (broad SMARTS) is 1. The summed E-state index contributed by atoms with van der Waals surface area (Å²) in [7, 11) is 0. The average Bonchev–Trinajstić information content (AvgIpc) is 2.61. The second-order valence-electron chi connectivity index (χ2n) is 5.17. The first-order valence-corrected chi connectivity index (χ1v) is 7.39. The third-order valence-corrected chi connectivity index (χ3v) is 3.52. The lowest BCUT2D eigenvalue weighted by Gasteiger charge is -2.26. The third kappa shape index (κ3) is 3.63. The maximum absolute atomic E-state index is 10.7. The highest BCUT2D eigenvalue weighted by molar-refractivity contribution is 5.68. The third-order valence-electron chi connectivity index (χ3n) is 3.52. The lowest BCUT2D eigenvalue weighted by Crippen LogP contribution is -2.26. The van der Waals surface area contributed by atoms with Gasteiger partial charge in [0.25, 0.3) is 0 Å². The molecule has 1 heterocycles. The molecule has 0 radical (unpaired) electrons. The highest BCUT2D eigenvalue weighted by atomic mass is 16.9. The number of nitrogens with zero attached hydrogens (tertiary/aromatic N) is 2. The molecule has 1 aliphatic rings. The summed E-state index contributed by atoms with van der Waals surface area (Å²) in [4.78, 5) is 15.8. The van der Waals surface area contributed by atoms with Crippen LogP contribution in [0.2, 0.25) is 0 Å².